The second-order valence-electron chi connectivity index (χ2n) is 7.45. The summed E-state index contributed by atoms with van der Waals surface area (Å²) < 4.78 is 7.79. The first-order valence-electron chi connectivity index (χ1n) is 8.70. The zero-order valence-electron chi connectivity index (χ0n) is 15.4. The number of hydrogen-bond acceptors (Lipinski definition) is 2. The summed E-state index contributed by atoms with van der Waals surface area (Å²) in [5.41, 5.74) is 6.80. The number of anilines is 1. The van der Waals surface area contributed by atoms with Gasteiger partial charge in [-0.15, -0.1) is 0 Å². The van der Waals surface area contributed by atoms with Crippen molar-refractivity contribution >= 4 is 40.3 Å². The maximum absolute atomic E-state index is 6.91. The molecule has 0 aliphatic rings. The Morgan fingerprint density at radius 2 is 1.31 bits per heavy atom. The predicted octanol–water partition coefficient (Wildman–Crippen LogP) is 4.97. The fourth-order valence-corrected chi connectivity index (χ4v) is 8.07. The van der Waals surface area contributed by atoms with E-state index in [0.717, 1.165) is 10.2 Å². The van der Waals surface area contributed by atoms with Crippen LogP contribution in [-0.2, 0) is 0 Å². The maximum atomic E-state index is 6.91. The van der Waals surface area contributed by atoms with Gasteiger partial charge in [-0.25, -0.2) is 0 Å². The minimum atomic E-state index is -2.60. The van der Waals surface area contributed by atoms with Crippen LogP contribution >= 0.6 is 15.9 Å². The number of nitrogens with two attached hydrogens (primary N) is 1. The molecule has 0 heterocycles. The average Bonchev–Trinajstić information content (AvgIpc) is 2.63. The predicted molar refractivity (Wildman–Crippen MR) is 117 cm³/mol. The first-order chi connectivity index (χ1) is 12.3. The molecule has 0 unspecified atom stereocenters. The van der Waals surface area contributed by atoms with E-state index >= 15 is 0 Å². The van der Waals surface area contributed by atoms with Gasteiger partial charge in [0.2, 0.25) is 0 Å². The molecule has 0 saturated carbocycles. The highest BCUT2D eigenvalue weighted by molar-refractivity contribution is 9.10. The molecule has 0 atom stereocenters. The molecule has 26 heavy (non-hydrogen) atoms. The fraction of sp³-hybridized carbons (Fsp3) is 0.182. The Kier molecular flexibility index (Phi) is 5.26. The summed E-state index contributed by atoms with van der Waals surface area (Å²) in [6.07, 6.45) is 0. The van der Waals surface area contributed by atoms with Gasteiger partial charge in [-0.2, -0.15) is 0 Å². The van der Waals surface area contributed by atoms with Crippen LogP contribution in [0.5, 0.6) is 5.75 Å². The lowest BCUT2D eigenvalue weighted by Gasteiger charge is -2.43. The van der Waals surface area contributed by atoms with Gasteiger partial charge < -0.3 is 10.2 Å². The summed E-state index contributed by atoms with van der Waals surface area (Å²) in [6.45, 7) is 6.80. The Balaban J connectivity index is 2.25. The monoisotopic (exact) mass is 425 g/mol. The van der Waals surface area contributed by atoms with Gasteiger partial charge in [0.05, 0.1) is 0 Å². The first-order valence-corrected chi connectivity index (χ1v) is 11.4. The van der Waals surface area contributed by atoms with E-state index in [1.165, 1.54) is 10.4 Å². The molecule has 4 heteroatoms. The lowest BCUT2D eigenvalue weighted by Crippen LogP contribution is -2.68. The van der Waals surface area contributed by atoms with Crippen LogP contribution in [0.2, 0.25) is 5.04 Å². The molecule has 134 valence electrons. The van der Waals surface area contributed by atoms with Crippen LogP contribution in [0.4, 0.5) is 5.69 Å². The Labute approximate surface area is 165 Å². The van der Waals surface area contributed by atoms with Crippen molar-refractivity contribution in [3.8, 4) is 5.75 Å². The van der Waals surface area contributed by atoms with Crippen molar-refractivity contribution in [1.82, 2.24) is 0 Å². The Morgan fingerprint density at radius 1 is 0.808 bits per heavy atom. The third-order valence-corrected chi connectivity index (χ3v) is 10.3. The molecule has 0 aliphatic heterocycles. The van der Waals surface area contributed by atoms with Crippen LogP contribution in [0.25, 0.3) is 0 Å². The van der Waals surface area contributed by atoms with Crippen molar-refractivity contribution in [2.45, 2.75) is 25.8 Å². The van der Waals surface area contributed by atoms with Crippen molar-refractivity contribution in [3.63, 3.8) is 0 Å². The molecular weight excluding hydrogens is 402 g/mol. The van der Waals surface area contributed by atoms with Crippen LogP contribution < -0.4 is 20.5 Å². The van der Waals surface area contributed by atoms with E-state index in [9.17, 15) is 0 Å². The molecule has 0 aromatic heterocycles. The van der Waals surface area contributed by atoms with Crippen molar-refractivity contribution in [2.24, 2.45) is 0 Å². The van der Waals surface area contributed by atoms with Gasteiger partial charge in [0.25, 0.3) is 0 Å². The standard InChI is InChI=1S/C22H24BrNOSi/c1-22(2,3)26(18-10-6-4-7-11-18,19-12-8-5-9-13-19)25-17-14-15-20(23)21(24)16-17/h4-16H,24H2,1-3H3. The minimum absolute atomic E-state index is 0.0719. The molecular formula is C22H24BrNOSi. The van der Waals surface area contributed by atoms with E-state index in [2.05, 4.69) is 85.2 Å². The number of rotatable bonds is 4. The highest BCUT2D eigenvalue weighted by Crippen LogP contribution is 2.38. The van der Waals surface area contributed by atoms with Crippen LogP contribution in [0.1, 0.15) is 20.8 Å². The fourth-order valence-electron chi connectivity index (χ4n) is 3.41. The summed E-state index contributed by atoms with van der Waals surface area (Å²) in [5.74, 6) is 0.806. The third kappa shape index (κ3) is 3.44. The topological polar surface area (TPSA) is 35.2 Å². The van der Waals surface area contributed by atoms with Gasteiger partial charge in [0, 0.05) is 16.2 Å². The van der Waals surface area contributed by atoms with Crippen molar-refractivity contribution < 1.29 is 4.43 Å². The number of nitrogen functional groups attached to an aromatic ring is 1. The number of hydrogen-bond donors (Lipinski definition) is 1. The normalized spacial score (nSPS) is 12.0. The zero-order valence-corrected chi connectivity index (χ0v) is 18.0. The summed E-state index contributed by atoms with van der Waals surface area (Å²) in [4.78, 5) is 0. The van der Waals surface area contributed by atoms with Crippen molar-refractivity contribution in [1.29, 1.82) is 0 Å². The number of benzene rings is 3. The van der Waals surface area contributed by atoms with Crippen LogP contribution in [0.3, 0.4) is 0 Å². The van der Waals surface area contributed by atoms with E-state index in [0.29, 0.717) is 5.69 Å². The van der Waals surface area contributed by atoms with Gasteiger partial charge in [-0.3, -0.25) is 0 Å². The van der Waals surface area contributed by atoms with E-state index < -0.39 is 8.32 Å². The summed E-state index contributed by atoms with van der Waals surface area (Å²) in [7, 11) is -2.60. The first kappa shape index (κ1) is 18.7. The maximum Gasteiger partial charge on any atom is 0.319 e. The van der Waals surface area contributed by atoms with Crippen LogP contribution in [-0.4, -0.2) is 8.32 Å². The molecule has 0 bridgehead atoms. The second kappa shape index (κ2) is 7.29. The smallest absolute Gasteiger partial charge is 0.319 e. The lowest BCUT2D eigenvalue weighted by atomic mass is 10.2. The quantitative estimate of drug-likeness (QED) is 0.472. The molecule has 0 amide bonds. The van der Waals surface area contributed by atoms with E-state index in [1.54, 1.807) is 0 Å². The van der Waals surface area contributed by atoms with E-state index in [-0.39, 0.29) is 5.04 Å². The van der Waals surface area contributed by atoms with Crippen molar-refractivity contribution in [2.75, 3.05) is 5.73 Å². The summed E-state index contributed by atoms with van der Waals surface area (Å²) in [5, 5.41) is 2.43. The molecule has 0 radical (unpaired) electrons. The minimum Gasteiger partial charge on any atom is -0.534 e. The Bertz CT molecular complexity index is 836. The molecule has 2 N–H and O–H groups in total. The third-order valence-electron chi connectivity index (χ3n) is 4.66. The summed E-state index contributed by atoms with van der Waals surface area (Å²) in [6, 6.07) is 27.0. The van der Waals surface area contributed by atoms with Gasteiger partial charge >= 0.3 is 8.32 Å². The molecule has 3 rings (SSSR count). The highest BCUT2D eigenvalue weighted by Gasteiger charge is 2.52. The molecule has 0 spiro atoms. The Morgan fingerprint density at radius 3 is 1.73 bits per heavy atom. The second-order valence-corrected chi connectivity index (χ2v) is 12.5. The largest absolute Gasteiger partial charge is 0.534 e. The van der Waals surface area contributed by atoms with Crippen LogP contribution in [0, 0.1) is 0 Å². The average molecular weight is 426 g/mol. The zero-order chi connectivity index (χ0) is 18.8. The van der Waals surface area contributed by atoms with Gasteiger partial charge in [-0.05, 0) is 43.5 Å². The van der Waals surface area contributed by atoms with Gasteiger partial charge in [0.1, 0.15) is 5.75 Å². The molecule has 0 aliphatic carbocycles. The molecule has 0 saturated heterocycles. The van der Waals surface area contributed by atoms with Gasteiger partial charge in [-0.1, -0.05) is 81.4 Å². The van der Waals surface area contributed by atoms with Crippen molar-refractivity contribution in [3.05, 3.63) is 83.3 Å². The molecule has 3 aromatic carbocycles. The van der Waals surface area contributed by atoms with E-state index in [4.69, 9.17) is 10.2 Å². The van der Waals surface area contributed by atoms with Gasteiger partial charge in [0.15, 0.2) is 0 Å². The lowest BCUT2D eigenvalue weighted by molar-refractivity contribution is 0.508. The number of halogens is 1. The van der Waals surface area contributed by atoms with Crippen LogP contribution in [0.15, 0.2) is 83.3 Å². The molecule has 3 aromatic rings. The SMILES string of the molecule is CC(C)(C)[Si](Oc1ccc(Br)c(N)c1)(c1ccccc1)c1ccccc1. The summed E-state index contributed by atoms with van der Waals surface area (Å²) >= 11 is 3.47. The highest BCUT2D eigenvalue weighted by atomic mass is 79.9. The molecule has 0 fully saturated rings. The van der Waals surface area contributed by atoms with E-state index in [1.807, 2.05) is 30.3 Å². The molecule has 2 nitrogen and oxygen atoms in total. The Hall–Kier alpha value is -2.04.